The lowest BCUT2D eigenvalue weighted by Crippen LogP contribution is -2.26. The molecule has 6 heteroatoms. The summed E-state index contributed by atoms with van der Waals surface area (Å²) >= 11 is 5.96. The van der Waals surface area contributed by atoms with Crippen LogP contribution in [0.25, 0.3) is 0 Å². The molecule has 2 heterocycles. The van der Waals surface area contributed by atoms with Crippen molar-refractivity contribution in [1.29, 1.82) is 0 Å². The number of esters is 1. The molecule has 0 fully saturated rings. The van der Waals surface area contributed by atoms with Gasteiger partial charge in [0.1, 0.15) is 5.60 Å². The van der Waals surface area contributed by atoms with Gasteiger partial charge in [0.15, 0.2) is 5.69 Å². The molecule has 1 atom stereocenters. The van der Waals surface area contributed by atoms with Gasteiger partial charge in [0, 0.05) is 5.02 Å². The Hall–Kier alpha value is -1.88. The van der Waals surface area contributed by atoms with Crippen LogP contribution in [-0.4, -0.2) is 26.6 Å². The van der Waals surface area contributed by atoms with Crippen molar-refractivity contribution in [2.75, 3.05) is 0 Å². The van der Waals surface area contributed by atoms with E-state index in [1.54, 1.807) is 0 Å². The van der Waals surface area contributed by atoms with Crippen molar-refractivity contribution in [2.45, 2.75) is 51.7 Å². The Morgan fingerprint density at radius 2 is 2.00 bits per heavy atom. The summed E-state index contributed by atoms with van der Waals surface area (Å²) in [6.45, 7) is 5.53. The van der Waals surface area contributed by atoms with E-state index < -0.39 is 11.6 Å². The monoisotopic (exact) mass is 333 g/mol. The Kier molecular flexibility index (Phi) is 4.15. The molecular formula is C17H20ClN3O2. The van der Waals surface area contributed by atoms with Gasteiger partial charge in [-0.3, -0.25) is 0 Å². The quantitative estimate of drug-likeness (QED) is 0.784. The van der Waals surface area contributed by atoms with Crippen LogP contribution in [0.2, 0.25) is 5.02 Å². The van der Waals surface area contributed by atoms with Crippen molar-refractivity contribution < 1.29 is 9.53 Å². The summed E-state index contributed by atoms with van der Waals surface area (Å²) < 4.78 is 7.29. The van der Waals surface area contributed by atoms with Crippen LogP contribution in [0.3, 0.4) is 0 Å². The molecule has 0 radical (unpaired) electrons. The Morgan fingerprint density at radius 3 is 2.65 bits per heavy atom. The zero-order valence-electron chi connectivity index (χ0n) is 13.5. The summed E-state index contributed by atoms with van der Waals surface area (Å²) in [5.41, 5.74) is 1.76. The lowest BCUT2D eigenvalue weighted by molar-refractivity contribution is 0.00612. The molecule has 0 saturated carbocycles. The Bertz CT molecular complexity index is 716. The molecule has 0 amide bonds. The van der Waals surface area contributed by atoms with Gasteiger partial charge >= 0.3 is 5.97 Å². The fourth-order valence-electron chi connectivity index (χ4n) is 2.86. The van der Waals surface area contributed by atoms with E-state index in [-0.39, 0.29) is 6.04 Å². The van der Waals surface area contributed by atoms with Crippen LogP contribution in [0, 0.1) is 0 Å². The molecule has 0 bridgehead atoms. The summed E-state index contributed by atoms with van der Waals surface area (Å²) in [6, 6.07) is 7.82. The molecule has 1 unspecified atom stereocenters. The lowest BCUT2D eigenvalue weighted by atomic mass is 9.96. The van der Waals surface area contributed by atoms with Gasteiger partial charge in [0.05, 0.1) is 11.7 Å². The van der Waals surface area contributed by atoms with Crippen LogP contribution in [0.4, 0.5) is 0 Å². The minimum absolute atomic E-state index is 0.0831. The van der Waals surface area contributed by atoms with Crippen molar-refractivity contribution in [3.8, 4) is 0 Å². The molecular weight excluding hydrogens is 314 g/mol. The summed E-state index contributed by atoms with van der Waals surface area (Å²) in [5.74, 6) is -0.407. The first-order valence-corrected chi connectivity index (χ1v) is 8.16. The average Bonchev–Trinajstić information content (AvgIpc) is 2.90. The van der Waals surface area contributed by atoms with Gasteiger partial charge in [-0.25, -0.2) is 9.48 Å². The zero-order valence-corrected chi connectivity index (χ0v) is 14.3. The molecule has 0 N–H and O–H groups in total. The zero-order chi connectivity index (χ0) is 16.6. The number of hydrogen-bond acceptors (Lipinski definition) is 4. The standard InChI is InChI=1S/C17H20ClN3O2/c1-17(2,3)23-16(22)15-14-6-4-5-13(21(14)20-19-15)11-7-9-12(18)10-8-11/h7-10,13H,4-6H2,1-3H3. The highest BCUT2D eigenvalue weighted by molar-refractivity contribution is 6.30. The average molecular weight is 334 g/mol. The number of benzene rings is 1. The number of hydrogen-bond donors (Lipinski definition) is 0. The molecule has 3 rings (SSSR count). The maximum Gasteiger partial charge on any atom is 0.361 e. The minimum atomic E-state index is -0.544. The number of carbonyl (C=O) groups excluding carboxylic acids is 1. The fourth-order valence-corrected chi connectivity index (χ4v) is 2.99. The summed E-state index contributed by atoms with van der Waals surface area (Å²) in [5, 5.41) is 9.01. The molecule has 0 spiro atoms. The lowest BCUT2D eigenvalue weighted by Gasteiger charge is -2.25. The van der Waals surface area contributed by atoms with Crippen molar-refractivity contribution in [3.05, 3.63) is 46.2 Å². The van der Waals surface area contributed by atoms with Gasteiger partial charge in [-0.2, -0.15) is 0 Å². The maximum atomic E-state index is 12.3. The smallest absolute Gasteiger partial charge is 0.361 e. The van der Waals surface area contributed by atoms with Crippen LogP contribution < -0.4 is 0 Å². The molecule has 1 aromatic heterocycles. The molecule has 2 aromatic rings. The highest BCUT2D eigenvalue weighted by Gasteiger charge is 2.30. The number of nitrogens with zero attached hydrogens (tertiary/aromatic N) is 3. The highest BCUT2D eigenvalue weighted by Crippen LogP contribution is 2.31. The third-order valence-electron chi connectivity index (χ3n) is 3.82. The SMILES string of the molecule is CC(C)(C)OC(=O)c1nnn2c1CCCC2c1ccc(Cl)cc1. The van der Waals surface area contributed by atoms with E-state index in [4.69, 9.17) is 16.3 Å². The molecule has 5 nitrogen and oxygen atoms in total. The van der Waals surface area contributed by atoms with E-state index in [0.29, 0.717) is 10.7 Å². The summed E-state index contributed by atoms with van der Waals surface area (Å²) in [6.07, 6.45) is 2.73. The summed E-state index contributed by atoms with van der Waals surface area (Å²) in [4.78, 5) is 12.3. The first kappa shape index (κ1) is 16.0. The van der Waals surface area contributed by atoms with Crippen molar-refractivity contribution in [3.63, 3.8) is 0 Å². The Balaban J connectivity index is 1.92. The third-order valence-corrected chi connectivity index (χ3v) is 4.08. The topological polar surface area (TPSA) is 57.0 Å². The number of fused-ring (bicyclic) bond motifs is 1. The number of carbonyl (C=O) groups is 1. The third kappa shape index (κ3) is 3.39. The first-order chi connectivity index (χ1) is 10.8. The predicted molar refractivity (Wildman–Crippen MR) is 87.7 cm³/mol. The second kappa shape index (κ2) is 5.96. The van der Waals surface area contributed by atoms with E-state index >= 15 is 0 Å². The van der Waals surface area contributed by atoms with E-state index in [9.17, 15) is 4.79 Å². The van der Waals surface area contributed by atoms with Crippen LogP contribution in [0.1, 0.15) is 61.4 Å². The number of rotatable bonds is 2. The van der Waals surface area contributed by atoms with Crippen molar-refractivity contribution in [2.24, 2.45) is 0 Å². The van der Waals surface area contributed by atoms with Crippen LogP contribution in [-0.2, 0) is 11.2 Å². The molecule has 1 aliphatic rings. The number of ether oxygens (including phenoxy) is 1. The second-order valence-electron chi connectivity index (χ2n) is 6.79. The van der Waals surface area contributed by atoms with Crippen LogP contribution in [0.5, 0.6) is 0 Å². The first-order valence-electron chi connectivity index (χ1n) is 7.78. The van der Waals surface area contributed by atoms with E-state index in [2.05, 4.69) is 10.3 Å². The predicted octanol–water partition coefficient (Wildman–Crippen LogP) is 3.81. The maximum absolute atomic E-state index is 12.3. The van der Waals surface area contributed by atoms with Gasteiger partial charge in [-0.15, -0.1) is 5.10 Å². The summed E-state index contributed by atoms with van der Waals surface area (Å²) in [7, 11) is 0. The van der Waals surface area contributed by atoms with E-state index in [0.717, 1.165) is 30.5 Å². The van der Waals surface area contributed by atoms with Gasteiger partial charge < -0.3 is 4.74 Å². The van der Waals surface area contributed by atoms with Crippen LogP contribution >= 0.6 is 11.6 Å². The Morgan fingerprint density at radius 1 is 1.30 bits per heavy atom. The minimum Gasteiger partial charge on any atom is -0.455 e. The molecule has 23 heavy (non-hydrogen) atoms. The van der Waals surface area contributed by atoms with Crippen molar-refractivity contribution in [1.82, 2.24) is 15.0 Å². The largest absolute Gasteiger partial charge is 0.455 e. The molecule has 1 aromatic carbocycles. The van der Waals surface area contributed by atoms with Gasteiger partial charge in [-0.1, -0.05) is 28.9 Å². The van der Waals surface area contributed by atoms with Gasteiger partial charge in [0.25, 0.3) is 0 Å². The van der Waals surface area contributed by atoms with Gasteiger partial charge in [-0.05, 0) is 57.7 Å². The van der Waals surface area contributed by atoms with Gasteiger partial charge in [0.2, 0.25) is 0 Å². The fraction of sp³-hybridized carbons (Fsp3) is 0.471. The number of aromatic nitrogens is 3. The van der Waals surface area contributed by atoms with Crippen LogP contribution in [0.15, 0.2) is 24.3 Å². The Labute approximate surface area is 140 Å². The highest BCUT2D eigenvalue weighted by atomic mass is 35.5. The second-order valence-corrected chi connectivity index (χ2v) is 7.23. The normalized spacial score (nSPS) is 17.7. The molecule has 122 valence electrons. The van der Waals surface area contributed by atoms with E-state index in [1.165, 1.54) is 0 Å². The molecule has 1 aliphatic heterocycles. The molecule has 0 saturated heterocycles. The van der Waals surface area contributed by atoms with Crippen molar-refractivity contribution >= 4 is 17.6 Å². The molecule has 0 aliphatic carbocycles. The van der Waals surface area contributed by atoms with E-state index in [1.807, 2.05) is 49.7 Å². The number of halogens is 1.